The number of sulfonamides is 1. The number of nitrogens with one attached hydrogen (secondary N) is 2. The van der Waals surface area contributed by atoms with Crippen LogP contribution in [0.3, 0.4) is 0 Å². The van der Waals surface area contributed by atoms with E-state index in [1.54, 1.807) is 32.0 Å². The Kier molecular flexibility index (Phi) is 5.92. The van der Waals surface area contributed by atoms with E-state index < -0.39 is 10.0 Å². The molecular weight excluding hydrogens is 364 g/mol. The molecule has 1 amide bonds. The maximum atomic E-state index is 12.6. The number of carbonyl (C=O) groups is 1. The van der Waals surface area contributed by atoms with E-state index in [1.165, 1.54) is 25.3 Å². The number of ether oxygens (including phenoxy) is 1. The second-order valence-corrected chi connectivity index (χ2v) is 7.38. The van der Waals surface area contributed by atoms with Crippen molar-refractivity contribution in [3.05, 3.63) is 52.5 Å². The zero-order chi connectivity index (χ0) is 18.6. The van der Waals surface area contributed by atoms with E-state index >= 15 is 0 Å². The molecule has 0 aliphatic carbocycles. The van der Waals surface area contributed by atoms with Crippen LogP contribution in [0.4, 0.5) is 5.69 Å². The lowest BCUT2D eigenvalue weighted by atomic mass is 10.1. The number of aryl methyl sites for hydroxylation is 1. The molecule has 0 fully saturated rings. The molecule has 0 aromatic heterocycles. The van der Waals surface area contributed by atoms with Crippen LogP contribution in [0.15, 0.2) is 41.3 Å². The second-order valence-electron chi connectivity index (χ2n) is 5.29. The molecule has 2 N–H and O–H groups in total. The molecule has 2 aromatic carbocycles. The minimum absolute atomic E-state index is 0.00806. The Morgan fingerprint density at radius 3 is 2.52 bits per heavy atom. The van der Waals surface area contributed by atoms with Gasteiger partial charge in [0.05, 0.1) is 22.7 Å². The van der Waals surface area contributed by atoms with Crippen LogP contribution in [0.1, 0.15) is 22.8 Å². The Morgan fingerprint density at radius 2 is 1.92 bits per heavy atom. The maximum Gasteiger partial charge on any atom is 0.261 e. The zero-order valence-corrected chi connectivity index (χ0v) is 15.7. The monoisotopic (exact) mass is 382 g/mol. The molecule has 0 saturated carbocycles. The average Bonchev–Trinajstić information content (AvgIpc) is 2.55. The molecule has 2 aromatic rings. The first-order valence-corrected chi connectivity index (χ1v) is 9.39. The highest BCUT2D eigenvalue weighted by Crippen LogP contribution is 2.28. The first kappa shape index (κ1) is 19.1. The summed E-state index contributed by atoms with van der Waals surface area (Å²) in [6.07, 6.45) is 0. The average molecular weight is 383 g/mol. The summed E-state index contributed by atoms with van der Waals surface area (Å²) in [5.41, 5.74) is 1.31. The summed E-state index contributed by atoms with van der Waals surface area (Å²) in [7, 11) is -2.39. The number of anilines is 1. The highest BCUT2D eigenvalue weighted by atomic mass is 35.5. The summed E-state index contributed by atoms with van der Waals surface area (Å²) < 4.78 is 32.7. The maximum absolute atomic E-state index is 12.6. The topological polar surface area (TPSA) is 84.5 Å². The molecule has 0 atom stereocenters. The Balaban J connectivity index is 2.35. The standard InChI is InChI=1S/C17H19ClN2O4S/c1-4-19-17(21)14-10-13(7-5-11(14)2)25(22,23)20-12-6-8-16(24-3)15(18)9-12/h5-10,20H,4H2,1-3H3,(H,19,21). The van der Waals surface area contributed by atoms with E-state index in [0.29, 0.717) is 29.1 Å². The summed E-state index contributed by atoms with van der Waals surface area (Å²) in [5.74, 6) is 0.128. The summed E-state index contributed by atoms with van der Waals surface area (Å²) in [5, 5.41) is 2.95. The molecular formula is C17H19ClN2O4S. The van der Waals surface area contributed by atoms with E-state index in [2.05, 4.69) is 10.0 Å². The minimum Gasteiger partial charge on any atom is -0.495 e. The van der Waals surface area contributed by atoms with Crippen molar-refractivity contribution >= 4 is 33.2 Å². The van der Waals surface area contributed by atoms with Gasteiger partial charge in [-0.25, -0.2) is 8.42 Å². The summed E-state index contributed by atoms with van der Waals surface area (Å²) >= 11 is 6.01. The van der Waals surface area contributed by atoms with Crippen LogP contribution in [0.5, 0.6) is 5.75 Å². The first-order chi connectivity index (χ1) is 11.8. The van der Waals surface area contributed by atoms with Crippen molar-refractivity contribution in [2.45, 2.75) is 18.7 Å². The van der Waals surface area contributed by atoms with Gasteiger partial charge in [0, 0.05) is 12.1 Å². The first-order valence-electron chi connectivity index (χ1n) is 7.53. The normalized spacial score (nSPS) is 11.0. The number of methoxy groups -OCH3 is 1. The molecule has 25 heavy (non-hydrogen) atoms. The molecule has 134 valence electrons. The lowest BCUT2D eigenvalue weighted by molar-refractivity contribution is 0.0955. The number of amides is 1. The SMILES string of the molecule is CCNC(=O)c1cc(S(=O)(=O)Nc2ccc(OC)c(Cl)c2)ccc1C. The quantitative estimate of drug-likeness (QED) is 0.803. The molecule has 0 aliphatic heterocycles. The predicted octanol–water partition coefficient (Wildman–Crippen LogP) is 3.21. The van der Waals surface area contributed by atoms with Crippen molar-refractivity contribution in [2.75, 3.05) is 18.4 Å². The molecule has 0 radical (unpaired) electrons. The van der Waals surface area contributed by atoms with Crippen LogP contribution in [0.25, 0.3) is 0 Å². The van der Waals surface area contributed by atoms with Gasteiger partial charge < -0.3 is 10.1 Å². The highest BCUT2D eigenvalue weighted by molar-refractivity contribution is 7.92. The van der Waals surface area contributed by atoms with Crippen molar-refractivity contribution in [3.63, 3.8) is 0 Å². The van der Waals surface area contributed by atoms with Gasteiger partial charge in [-0.2, -0.15) is 0 Å². The molecule has 0 heterocycles. The summed E-state index contributed by atoms with van der Waals surface area (Å²) in [4.78, 5) is 12.1. The molecule has 0 bridgehead atoms. The third-order valence-corrected chi connectivity index (χ3v) is 5.18. The van der Waals surface area contributed by atoms with E-state index in [9.17, 15) is 13.2 Å². The lowest BCUT2D eigenvalue weighted by Crippen LogP contribution is -2.24. The van der Waals surface area contributed by atoms with Gasteiger partial charge in [0.25, 0.3) is 15.9 Å². The van der Waals surface area contributed by atoms with Gasteiger partial charge in [0.1, 0.15) is 5.75 Å². The Morgan fingerprint density at radius 1 is 1.20 bits per heavy atom. The molecule has 0 spiro atoms. The predicted molar refractivity (Wildman–Crippen MR) is 98.0 cm³/mol. The number of hydrogen-bond donors (Lipinski definition) is 2. The van der Waals surface area contributed by atoms with Crippen LogP contribution in [-0.4, -0.2) is 28.0 Å². The van der Waals surface area contributed by atoms with Gasteiger partial charge >= 0.3 is 0 Å². The fourth-order valence-corrected chi connectivity index (χ4v) is 3.55. The van der Waals surface area contributed by atoms with E-state index in [1.807, 2.05) is 0 Å². The van der Waals surface area contributed by atoms with Crippen molar-refractivity contribution < 1.29 is 17.9 Å². The van der Waals surface area contributed by atoms with E-state index in [-0.39, 0.29) is 15.8 Å². The van der Waals surface area contributed by atoms with Crippen molar-refractivity contribution in [1.82, 2.24) is 5.32 Å². The molecule has 2 rings (SSSR count). The van der Waals surface area contributed by atoms with Gasteiger partial charge in [0.15, 0.2) is 0 Å². The number of rotatable bonds is 6. The fourth-order valence-electron chi connectivity index (χ4n) is 2.21. The Bertz CT molecular complexity index is 898. The highest BCUT2D eigenvalue weighted by Gasteiger charge is 2.18. The van der Waals surface area contributed by atoms with Crippen LogP contribution in [0, 0.1) is 6.92 Å². The third-order valence-electron chi connectivity index (χ3n) is 3.51. The summed E-state index contributed by atoms with van der Waals surface area (Å²) in [6, 6.07) is 8.97. The largest absolute Gasteiger partial charge is 0.495 e. The Hall–Kier alpha value is -2.25. The van der Waals surface area contributed by atoms with Gasteiger partial charge in [-0.3, -0.25) is 9.52 Å². The van der Waals surface area contributed by atoms with Crippen LogP contribution >= 0.6 is 11.6 Å². The van der Waals surface area contributed by atoms with Crippen LogP contribution in [-0.2, 0) is 10.0 Å². The van der Waals surface area contributed by atoms with Crippen molar-refractivity contribution in [3.8, 4) is 5.75 Å². The van der Waals surface area contributed by atoms with Gasteiger partial charge in [-0.15, -0.1) is 0 Å². The summed E-state index contributed by atoms with van der Waals surface area (Å²) in [6.45, 7) is 4.00. The van der Waals surface area contributed by atoms with Crippen molar-refractivity contribution in [2.24, 2.45) is 0 Å². The smallest absolute Gasteiger partial charge is 0.261 e. The van der Waals surface area contributed by atoms with Gasteiger partial charge in [-0.05, 0) is 49.7 Å². The van der Waals surface area contributed by atoms with E-state index in [0.717, 1.165) is 0 Å². The minimum atomic E-state index is -3.87. The van der Waals surface area contributed by atoms with Crippen LogP contribution in [0.2, 0.25) is 5.02 Å². The number of hydrogen-bond acceptors (Lipinski definition) is 4. The molecule has 8 heteroatoms. The molecule has 0 unspecified atom stereocenters. The van der Waals surface area contributed by atoms with E-state index in [4.69, 9.17) is 16.3 Å². The Labute approximate surface area is 152 Å². The third kappa shape index (κ3) is 4.43. The number of halogens is 1. The number of carbonyl (C=O) groups excluding carboxylic acids is 1. The number of benzene rings is 2. The second kappa shape index (κ2) is 7.76. The molecule has 0 aliphatic rings. The van der Waals surface area contributed by atoms with Gasteiger partial charge in [-0.1, -0.05) is 17.7 Å². The fraction of sp³-hybridized carbons (Fsp3) is 0.235. The lowest BCUT2D eigenvalue weighted by Gasteiger charge is -2.12. The molecule has 6 nitrogen and oxygen atoms in total. The zero-order valence-electron chi connectivity index (χ0n) is 14.1. The molecule has 0 saturated heterocycles. The van der Waals surface area contributed by atoms with Crippen molar-refractivity contribution in [1.29, 1.82) is 0 Å². The van der Waals surface area contributed by atoms with Gasteiger partial charge in [0.2, 0.25) is 0 Å². The van der Waals surface area contributed by atoms with Crippen LogP contribution < -0.4 is 14.8 Å².